The maximum absolute atomic E-state index is 11.1. The summed E-state index contributed by atoms with van der Waals surface area (Å²) < 4.78 is 4.19. The number of hydrogen-bond acceptors (Lipinski definition) is 4. The van der Waals surface area contributed by atoms with Crippen LogP contribution in [0.25, 0.3) is 21.8 Å². The smallest absolute Gasteiger partial charge is 0.221 e. The van der Waals surface area contributed by atoms with E-state index in [0.29, 0.717) is 16.8 Å². The Hall–Kier alpha value is -6.67. The molecule has 0 fully saturated rings. The highest BCUT2D eigenvalue weighted by molar-refractivity contribution is 5.91. The Kier molecular flexibility index (Phi) is 10.2. The van der Waals surface area contributed by atoms with Crippen molar-refractivity contribution in [3.8, 4) is 35.8 Å². The lowest BCUT2D eigenvalue weighted by Gasteiger charge is -2.03. The zero-order chi connectivity index (χ0) is 35.1. The molecule has 7 heteroatoms. The molecular weight excluding hydrogens is 605 g/mol. The van der Waals surface area contributed by atoms with Crippen molar-refractivity contribution < 1.29 is 4.79 Å². The minimum absolute atomic E-state index is 0.106. The summed E-state index contributed by atoms with van der Waals surface area (Å²) in [7, 11) is 0. The molecule has 49 heavy (non-hydrogen) atoms. The number of fused-ring (bicyclic) bond motifs is 2. The summed E-state index contributed by atoms with van der Waals surface area (Å²) >= 11 is 0. The summed E-state index contributed by atoms with van der Waals surface area (Å²) in [5, 5.41) is 23.8. The number of carbonyl (C=O) groups excluding carboxylic acids is 1. The normalized spacial score (nSPS) is 10.1. The predicted molar refractivity (Wildman–Crippen MR) is 198 cm³/mol. The van der Waals surface area contributed by atoms with Crippen molar-refractivity contribution in [2.24, 2.45) is 0 Å². The van der Waals surface area contributed by atoms with Gasteiger partial charge in [0.05, 0.1) is 22.2 Å². The lowest BCUT2D eigenvalue weighted by molar-refractivity contribution is -0.114. The third-order valence-electron chi connectivity index (χ3n) is 8.06. The highest BCUT2D eigenvalue weighted by Crippen LogP contribution is 2.28. The quantitative estimate of drug-likeness (QED) is 0.151. The van der Waals surface area contributed by atoms with Crippen LogP contribution in [-0.2, 0) is 17.9 Å². The van der Waals surface area contributed by atoms with Gasteiger partial charge in [-0.25, -0.2) is 0 Å². The fraction of sp³-hybridized carbons (Fsp3) is 0.167. The summed E-state index contributed by atoms with van der Waals surface area (Å²) in [4.78, 5) is 11.1. The molecule has 0 saturated heterocycles. The standard InChI is InChI=1S/C22H19N3O.C20H17N3/c1-4-25-21(20(14-23)19-11-5-15(2)13-22(19)25)12-8-17-6-9-18(10-7-17)24-16(3)26;1-3-23-19(11-7-15-5-8-16(22)9-6-15)18(13-21)17-10-4-14(2)12-20(17)23/h5-7,9-11,13H,4H2,1-3H3,(H,24,26);4-6,8-10,12H,3,22H2,1-2H3. The number of nitrogens with zero attached hydrogens (tertiary/aromatic N) is 4. The van der Waals surface area contributed by atoms with E-state index < -0.39 is 0 Å². The molecule has 0 unspecified atom stereocenters. The fourth-order valence-corrected chi connectivity index (χ4v) is 5.73. The number of amides is 1. The van der Waals surface area contributed by atoms with Crippen LogP contribution in [0.1, 0.15) is 65.5 Å². The Morgan fingerprint density at radius 3 is 1.49 bits per heavy atom. The summed E-state index contributed by atoms with van der Waals surface area (Å²) in [6, 6.07) is 31.6. The van der Waals surface area contributed by atoms with E-state index in [1.165, 1.54) is 12.5 Å². The Balaban J connectivity index is 0.000000192. The highest BCUT2D eigenvalue weighted by atomic mass is 16.1. The van der Waals surface area contributed by atoms with Gasteiger partial charge in [-0.15, -0.1) is 0 Å². The highest BCUT2D eigenvalue weighted by Gasteiger charge is 2.16. The van der Waals surface area contributed by atoms with Gasteiger partial charge < -0.3 is 20.2 Å². The van der Waals surface area contributed by atoms with Gasteiger partial charge in [0.2, 0.25) is 5.91 Å². The molecule has 0 atom stereocenters. The molecule has 0 saturated carbocycles. The average Bonchev–Trinajstić information content (AvgIpc) is 3.56. The molecule has 0 radical (unpaired) electrons. The second kappa shape index (κ2) is 14.8. The molecule has 0 spiro atoms. The lowest BCUT2D eigenvalue weighted by atomic mass is 10.1. The van der Waals surface area contributed by atoms with Crippen molar-refractivity contribution in [3.63, 3.8) is 0 Å². The maximum Gasteiger partial charge on any atom is 0.221 e. The first-order valence-electron chi connectivity index (χ1n) is 16.0. The van der Waals surface area contributed by atoms with Gasteiger partial charge in [0.25, 0.3) is 0 Å². The van der Waals surface area contributed by atoms with Gasteiger partial charge in [-0.1, -0.05) is 36.1 Å². The fourth-order valence-electron chi connectivity index (χ4n) is 5.73. The minimum Gasteiger partial charge on any atom is -0.399 e. The van der Waals surface area contributed by atoms with Crippen LogP contribution in [0.5, 0.6) is 0 Å². The van der Waals surface area contributed by atoms with Crippen LogP contribution >= 0.6 is 0 Å². The van der Waals surface area contributed by atoms with Crippen LogP contribution in [0.3, 0.4) is 0 Å². The molecule has 0 aliphatic carbocycles. The van der Waals surface area contributed by atoms with E-state index in [2.05, 4.69) is 83.2 Å². The van der Waals surface area contributed by atoms with E-state index in [-0.39, 0.29) is 5.91 Å². The third kappa shape index (κ3) is 7.34. The molecule has 3 N–H and O–H groups in total. The number of nitriles is 2. The van der Waals surface area contributed by atoms with Gasteiger partial charge in [-0.05, 0) is 111 Å². The number of benzene rings is 4. The molecule has 0 bridgehead atoms. The molecule has 7 nitrogen and oxygen atoms in total. The summed E-state index contributed by atoms with van der Waals surface area (Å²) in [6.45, 7) is 11.2. The van der Waals surface area contributed by atoms with E-state index in [9.17, 15) is 15.3 Å². The maximum atomic E-state index is 11.1. The number of anilines is 2. The SMILES string of the molecule is CCn1c(C#Cc2ccc(N)cc2)c(C#N)c2ccc(C)cc21.CCn1c(C#Cc2ccc(NC(C)=O)cc2)c(C#N)c2ccc(C)cc21. The van der Waals surface area contributed by atoms with Gasteiger partial charge in [0.15, 0.2) is 0 Å². The van der Waals surface area contributed by atoms with E-state index >= 15 is 0 Å². The molecule has 0 aliphatic rings. The van der Waals surface area contributed by atoms with E-state index in [1.807, 2.05) is 79.7 Å². The second-order valence-corrected chi connectivity index (χ2v) is 11.6. The molecule has 0 aliphatic heterocycles. The number of rotatable bonds is 3. The van der Waals surface area contributed by atoms with Crippen LogP contribution in [0.2, 0.25) is 0 Å². The van der Waals surface area contributed by atoms with Crippen molar-refractivity contribution in [3.05, 3.63) is 130 Å². The molecule has 1 amide bonds. The summed E-state index contributed by atoms with van der Waals surface area (Å²) in [5.41, 5.74) is 16.0. The van der Waals surface area contributed by atoms with Crippen LogP contribution in [0, 0.1) is 60.2 Å². The van der Waals surface area contributed by atoms with Crippen molar-refractivity contribution in [2.75, 3.05) is 11.1 Å². The molecule has 4 aromatic carbocycles. The van der Waals surface area contributed by atoms with Gasteiger partial charge in [-0.2, -0.15) is 10.5 Å². The van der Waals surface area contributed by atoms with Crippen molar-refractivity contribution in [1.82, 2.24) is 9.13 Å². The van der Waals surface area contributed by atoms with E-state index in [4.69, 9.17) is 5.73 Å². The first-order chi connectivity index (χ1) is 23.7. The van der Waals surface area contributed by atoms with Gasteiger partial charge in [0, 0.05) is 53.3 Å². The molecular formula is C42H36N6O. The van der Waals surface area contributed by atoms with Crippen molar-refractivity contribution in [2.45, 2.75) is 47.7 Å². The predicted octanol–water partition coefficient (Wildman–Crippen LogP) is 8.02. The zero-order valence-electron chi connectivity index (χ0n) is 28.3. The molecule has 2 heterocycles. The number of nitrogen functional groups attached to an aromatic ring is 1. The molecule has 6 aromatic rings. The second-order valence-electron chi connectivity index (χ2n) is 11.6. The molecule has 6 rings (SSSR count). The molecule has 240 valence electrons. The summed E-state index contributed by atoms with van der Waals surface area (Å²) in [6.07, 6.45) is 0. The van der Waals surface area contributed by atoms with E-state index in [1.54, 1.807) is 0 Å². The largest absolute Gasteiger partial charge is 0.399 e. The Morgan fingerprint density at radius 2 is 1.10 bits per heavy atom. The number of hydrogen-bond donors (Lipinski definition) is 2. The lowest BCUT2D eigenvalue weighted by Crippen LogP contribution is -2.05. The number of aromatic nitrogens is 2. The first kappa shape index (κ1) is 33.7. The first-order valence-corrected chi connectivity index (χ1v) is 16.0. The Labute approximate surface area is 287 Å². The zero-order valence-corrected chi connectivity index (χ0v) is 28.3. The minimum atomic E-state index is -0.106. The topological polar surface area (TPSA) is 113 Å². The summed E-state index contributed by atoms with van der Waals surface area (Å²) in [5.74, 6) is 12.5. The van der Waals surface area contributed by atoms with Crippen LogP contribution in [0.15, 0.2) is 84.9 Å². The molecule has 2 aromatic heterocycles. The van der Waals surface area contributed by atoms with Gasteiger partial charge in [-0.3, -0.25) is 4.79 Å². The number of nitrogens with two attached hydrogens (primary N) is 1. The average molecular weight is 641 g/mol. The van der Waals surface area contributed by atoms with E-state index in [0.717, 1.165) is 68.7 Å². The van der Waals surface area contributed by atoms with Crippen molar-refractivity contribution >= 4 is 39.1 Å². The van der Waals surface area contributed by atoms with Crippen LogP contribution in [-0.4, -0.2) is 15.0 Å². The monoisotopic (exact) mass is 640 g/mol. The number of carbonyl (C=O) groups is 1. The van der Waals surface area contributed by atoms with Gasteiger partial charge >= 0.3 is 0 Å². The Bertz CT molecular complexity index is 2410. The van der Waals surface area contributed by atoms with Gasteiger partial charge in [0.1, 0.15) is 23.5 Å². The number of nitrogens with one attached hydrogen (secondary N) is 1. The number of aryl methyl sites for hydroxylation is 4. The van der Waals surface area contributed by atoms with Crippen LogP contribution in [0.4, 0.5) is 11.4 Å². The Morgan fingerprint density at radius 1 is 0.673 bits per heavy atom. The third-order valence-corrected chi connectivity index (χ3v) is 8.06. The van der Waals surface area contributed by atoms with Crippen molar-refractivity contribution in [1.29, 1.82) is 10.5 Å². The van der Waals surface area contributed by atoms with Crippen LogP contribution < -0.4 is 11.1 Å².